The zero-order valence-corrected chi connectivity index (χ0v) is 9.36. The van der Waals surface area contributed by atoms with E-state index in [1.54, 1.807) is 4.90 Å². The molecule has 0 spiro atoms. The summed E-state index contributed by atoms with van der Waals surface area (Å²) in [5.41, 5.74) is -0.807. The molecule has 4 nitrogen and oxygen atoms in total. The van der Waals surface area contributed by atoms with Crippen LogP contribution < -0.4 is 0 Å². The summed E-state index contributed by atoms with van der Waals surface area (Å²) in [6, 6.07) is 0. The lowest BCUT2D eigenvalue weighted by Crippen LogP contribution is -2.61. The first kappa shape index (κ1) is 10.5. The van der Waals surface area contributed by atoms with E-state index in [9.17, 15) is 9.90 Å². The van der Waals surface area contributed by atoms with E-state index in [0.29, 0.717) is 12.8 Å². The van der Waals surface area contributed by atoms with Gasteiger partial charge in [-0.15, -0.1) is 0 Å². The zero-order valence-electron chi connectivity index (χ0n) is 9.36. The fourth-order valence-electron chi connectivity index (χ4n) is 2.94. The maximum Gasteiger partial charge on any atom is 0.410 e. The number of carbonyl (C=O) groups excluding carboxylic acids is 1. The summed E-state index contributed by atoms with van der Waals surface area (Å²) < 4.78 is 4.80. The van der Waals surface area contributed by atoms with Gasteiger partial charge in [-0.05, 0) is 13.8 Å². The first-order valence-corrected chi connectivity index (χ1v) is 5.18. The Bertz CT molecular complexity index is 306. The van der Waals surface area contributed by atoms with Crippen molar-refractivity contribution < 1.29 is 14.6 Å². The highest BCUT2D eigenvalue weighted by Gasteiger charge is 2.54. The Kier molecular flexibility index (Phi) is 2.08. The molecule has 0 aliphatic carbocycles. The molecule has 1 N–H and O–H groups in total. The van der Waals surface area contributed by atoms with Gasteiger partial charge in [0.1, 0.15) is 0 Å². The Balaban J connectivity index is 2.37. The smallest absolute Gasteiger partial charge is 0.410 e. The summed E-state index contributed by atoms with van der Waals surface area (Å²) in [5, 5.41) is 9.77. The summed E-state index contributed by atoms with van der Waals surface area (Å²) in [4.78, 5) is 13.5. The minimum Gasteiger partial charge on any atom is -0.453 e. The maximum absolute atomic E-state index is 11.7. The minimum absolute atomic E-state index is 0.322. The monoisotopic (exact) mass is 211 g/mol. The zero-order chi connectivity index (χ0) is 11.3. The molecular weight excluding hydrogens is 194 g/mol. The largest absolute Gasteiger partial charge is 0.453 e. The van der Waals surface area contributed by atoms with Crippen LogP contribution >= 0.6 is 0 Å². The molecule has 0 aromatic heterocycles. The molecule has 4 heteroatoms. The van der Waals surface area contributed by atoms with Gasteiger partial charge in [0.25, 0.3) is 0 Å². The summed E-state index contributed by atoms with van der Waals surface area (Å²) in [6.07, 6.45) is 4.48. The summed E-state index contributed by atoms with van der Waals surface area (Å²) in [5.74, 6) is 0. The topological polar surface area (TPSA) is 49.8 Å². The molecule has 2 bridgehead atoms. The van der Waals surface area contributed by atoms with Gasteiger partial charge in [-0.25, -0.2) is 4.79 Å². The molecule has 0 radical (unpaired) electrons. The van der Waals surface area contributed by atoms with E-state index < -0.39 is 11.1 Å². The van der Waals surface area contributed by atoms with Crippen molar-refractivity contribution in [3.8, 4) is 0 Å². The highest BCUT2D eigenvalue weighted by Crippen LogP contribution is 2.45. The van der Waals surface area contributed by atoms with Crippen molar-refractivity contribution in [2.45, 2.75) is 43.9 Å². The number of carbonyl (C=O) groups is 1. The van der Waals surface area contributed by atoms with Crippen LogP contribution in [0.3, 0.4) is 0 Å². The van der Waals surface area contributed by atoms with Crippen LogP contribution in [0.1, 0.15) is 26.7 Å². The molecular formula is C11H17NO3. The van der Waals surface area contributed by atoms with E-state index in [2.05, 4.69) is 0 Å². The van der Waals surface area contributed by atoms with Gasteiger partial charge in [0.2, 0.25) is 0 Å². The molecule has 2 rings (SSSR count). The van der Waals surface area contributed by atoms with Crippen LogP contribution in [0, 0.1) is 0 Å². The highest BCUT2D eigenvalue weighted by molar-refractivity contribution is 5.72. The first-order chi connectivity index (χ1) is 6.91. The Labute approximate surface area is 89.5 Å². The van der Waals surface area contributed by atoms with Crippen molar-refractivity contribution in [3.05, 3.63) is 12.2 Å². The molecule has 2 heterocycles. The predicted octanol–water partition coefficient (Wildman–Crippen LogP) is 1.30. The quantitative estimate of drug-likeness (QED) is 0.614. The molecule has 0 saturated carbocycles. The first-order valence-electron chi connectivity index (χ1n) is 5.18. The number of methoxy groups -OCH3 is 1. The SMILES string of the molecule is COC(=O)N1[C@@]2(C)C=C[C@]1(C)CC(O)C2. The van der Waals surface area contributed by atoms with Crippen LogP contribution in [0.15, 0.2) is 12.2 Å². The van der Waals surface area contributed by atoms with Crippen LogP contribution in [-0.4, -0.2) is 40.4 Å². The lowest BCUT2D eigenvalue weighted by molar-refractivity contribution is -0.0304. The minimum atomic E-state index is -0.403. The number of nitrogens with zero attached hydrogens (tertiary/aromatic N) is 1. The number of rotatable bonds is 0. The second-order valence-corrected chi connectivity index (χ2v) is 4.92. The fourth-order valence-corrected chi connectivity index (χ4v) is 2.94. The van der Waals surface area contributed by atoms with Gasteiger partial charge in [0.05, 0.1) is 24.3 Å². The van der Waals surface area contributed by atoms with Gasteiger partial charge in [-0.3, -0.25) is 4.90 Å². The van der Waals surface area contributed by atoms with E-state index in [1.165, 1.54) is 7.11 Å². The number of piperidine rings is 1. The standard InChI is InChI=1S/C11H17NO3/c1-10-4-5-11(2,7-8(13)6-10)12(10)9(14)15-3/h4-5,8,13H,6-7H2,1-3H3/t8?,10-,11+. The van der Waals surface area contributed by atoms with Crippen molar-refractivity contribution in [1.82, 2.24) is 4.90 Å². The van der Waals surface area contributed by atoms with Gasteiger partial charge in [-0.2, -0.15) is 0 Å². The van der Waals surface area contributed by atoms with Crippen LogP contribution in [0.2, 0.25) is 0 Å². The van der Waals surface area contributed by atoms with Crippen LogP contribution in [0.4, 0.5) is 4.79 Å². The molecule has 1 fully saturated rings. The highest BCUT2D eigenvalue weighted by atomic mass is 16.5. The van der Waals surface area contributed by atoms with E-state index >= 15 is 0 Å². The number of aliphatic hydroxyl groups is 1. The van der Waals surface area contributed by atoms with Crippen LogP contribution in [0.5, 0.6) is 0 Å². The lowest BCUT2D eigenvalue weighted by Gasteiger charge is -2.49. The third-order valence-corrected chi connectivity index (χ3v) is 3.48. The summed E-state index contributed by atoms with van der Waals surface area (Å²) in [6.45, 7) is 3.90. The van der Waals surface area contributed by atoms with E-state index in [0.717, 1.165) is 0 Å². The summed E-state index contributed by atoms with van der Waals surface area (Å²) in [7, 11) is 1.39. The van der Waals surface area contributed by atoms with Crippen molar-refractivity contribution in [2.24, 2.45) is 0 Å². The Hall–Kier alpha value is -1.03. The Morgan fingerprint density at radius 2 is 1.87 bits per heavy atom. The number of ether oxygens (including phenoxy) is 1. The molecule has 1 unspecified atom stereocenters. The van der Waals surface area contributed by atoms with Crippen molar-refractivity contribution in [2.75, 3.05) is 7.11 Å². The van der Waals surface area contributed by atoms with E-state index in [1.807, 2.05) is 26.0 Å². The molecule has 15 heavy (non-hydrogen) atoms. The second kappa shape index (κ2) is 2.98. The number of aliphatic hydroxyl groups excluding tert-OH is 1. The number of hydrogen-bond donors (Lipinski definition) is 1. The average Bonchev–Trinajstić information content (AvgIpc) is 2.29. The molecule has 3 atom stereocenters. The normalized spacial score (nSPS) is 43.2. The van der Waals surface area contributed by atoms with Crippen molar-refractivity contribution in [3.63, 3.8) is 0 Å². The molecule has 1 saturated heterocycles. The second-order valence-electron chi connectivity index (χ2n) is 4.92. The van der Waals surface area contributed by atoms with Crippen LogP contribution in [-0.2, 0) is 4.74 Å². The number of fused-ring (bicyclic) bond motifs is 2. The van der Waals surface area contributed by atoms with Gasteiger partial charge in [-0.1, -0.05) is 12.2 Å². The van der Waals surface area contributed by atoms with E-state index in [-0.39, 0.29) is 12.2 Å². The molecule has 1 amide bonds. The fraction of sp³-hybridized carbons (Fsp3) is 0.727. The van der Waals surface area contributed by atoms with Gasteiger partial charge < -0.3 is 9.84 Å². The van der Waals surface area contributed by atoms with Gasteiger partial charge in [0, 0.05) is 12.8 Å². The Morgan fingerprint density at radius 3 is 2.27 bits per heavy atom. The van der Waals surface area contributed by atoms with Crippen LogP contribution in [0.25, 0.3) is 0 Å². The van der Waals surface area contributed by atoms with Crippen molar-refractivity contribution in [1.29, 1.82) is 0 Å². The van der Waals surface area contributed by atoms with E-state index in [4.69, 9.17) is 4.74 Å². The third-order valence-electron chi connectivity index (χ3n) is 3.48. The number of hydrogen-bond acceptors (Lipinski definition) is 3. The lowest BCUT2D eigenvalue weighted by atomic mass is 9.83. The molecule has 2 aliphatic rings. The average molecular weight is 211 g/mol. The maximum atomic E-state index is 11.7. The molecule has 2 aliphatic heterocycles. The Morgan fingerprint density at radius 1 is 1.40 bits per heavy atom. The predicted molar refractivity (Wildman–Crippen MR) is 55.4 cm³/mol. The van der Waals surface area contributed by atoms with Crippen molar-refractivity contribution >= 4 is 6.09 Å². The summed E-state index contributed by atoms with van der Waals surface area (Å²) >= 11 is 0. The number of amides is 1. The molecule has 0 aromatic rings. The molecule has 0 aromatic carbocycles. The van der Waals surface area contributed by atoms with Gasteiger partial charge in [0.15, 0.2) is 0 Å². The third kappa shape index (κ3) is 1.35. The van der Waals surface area contributed by atoms with Gasteiger partial charge >= 0.3 is 6.09 Å². The molecule has 84 valence electrons.